The first-order valence-electron chi connectivity index (χ1n) is 7.24. The second kappa shape index (κ2) is 5.34. The Morgan fingerprint density at radius 3 is 2.67 bits per heavy atom. The van der Waals surface area contributed by atoms with Gasteiger partial charge < -0.3 is 10.2 Å². The highest BCUT2D eigenvalue weighted by atomic mass is 16.2. The van der Waals surface area contributed by atoms with Crippen LogP contribution in [0, 0.1) is 6.92 Å². The van der Waals surface area contributed by atoms with E-state index in [9.17, 15) is 4.79 Å². The molecule has 2 aromatic carbocycles. The molecule has 3 rings (SSSR count). The predicted molar refractivity (Wildman–Crippen MR) is 85.6 cm³/mol. The van der Waals surface area contributed by atoms with Crippen molar-refractivity contribution in [3.05, 3.63) is 64.7 Å². The van der Waals surface area contributed by atoms with Crippen molar-refractivity contribution in [1.29, 1.82) is 0 Å². The van der Waals surface area contributed by atoms with Crippen molar-refractivity contribution in [3.63, 3.8) is 0 Å². The molecule has 0 saturated heterocycles. The zero-order valence-corrected chi connectivity index (χ0v) is 12.7. The van der Waals surface area contributed by atoms with Gasteiger partial charge >= 0.3 is 0 Å². The van der Waals surface area contributed by atoms with Gasteiger partial charge in [-0.05, 0) is 42.3 Å². The summed E-state index contributed by atoms with van der Waals surface area (Å²) in [4.78, 5) is 13.6. The Bertz CT molecular complexity index is 693. The van der Waals surface area contributed by atoms with Crippen molar-refractivity contribution in [2.24, 2.45) is 0 Å². The lowest BCUT2D eigenvalue weighted by atomic mass is 9.93. The van der Waals surface area contributed by atoms with Crippen LogP contribution in [0.2, 0.25) is 0 Å². The standard InChI is InChI=1S/C18H20N2O/c1-12-6-4-5-7-15(12)18(19-2)13-8-9-16-14(10-13)11-17(21)20(16)3/h4-10,18-19H,11H2,1-3H3. The lowest BCUT2D eigenvalue weighted by molar-refractivity contribution is -0.117. The molecule has 108 valence electrons. The summed E-state index contributed by atoms with van der Waals surface area (Å²) in [6, 6.07) is 14.9. The third-order valence-electron chi connectivity index (χ3n) is 4.30. The van der Waals surface area contributed by atoms with Crippen molar-refractivity contribution in [1.82, 2.24) is 5.32 Å². The van der Waals surface area contributed by atoms with Crippen LogP contribution in [0.15, 0.2) is 42.5 Å². The molecule has 2 aromatic rings. The molecule has 1 aliphatic rings. The van der Waals surface area contributed by atoms with Crippen molar-refractivity contribution in [2.45, 2.75) is 19.4 Å². The first-order valence-corrected chi connectivity index (χ1v) is 7.24. The Morgan fingerprint density at radius 1 is 1.19 bits per heavy atom. The summed E-state index contributed by atoms with van der Waals surface area (Å²) in [5.74, 6) is 0.166. The van der Waals surface area contributed by atoms with Gasteiger partial charge in [0.1, 0.15) is 0 Å². The molecule has 1 N–H and O–H groups in total. The van der Waals surface area contributed by atoms with Gasteiger partial charge in [0.15, 0.2) is 0 Å². The van der Waals surface area contributed by atoms with Crippen LogP contribution in [0.3, 0.4) is 0 Å². The second-order valence-corrected chi connectivity index (χ2v) is 5.60. The number of fused-ring (bicyclic) bond motifs is 1. The van der Waals surface area contributed by atoms with E-state index in [1.54, 1.807) is 4.90 Å². The highest BCUT2D eigenvalue weighted by Gasteiger charge is 2.25. The predicted octanol–water partition coefficient (Wildman–Crippen LogP) is 2.82. The molecule has 0 radical (unpaired) electrons. The molecule has 0 saturated carbocycles. The maximum atomic E-state index is 11.8. The quantitative estimate of drug-likeness (QED) is 0.937. The molecule has 3 heteroatoms. The van der Waals surface area contributed by atoms with Gasteiger partial charge in [-0.2, -0.15) is 0 Å². The van der Waals surface area contributed by atoms with Gasteiger partial charge in [-0.1, -0.05) is 36.4 Å². The average molecular weight is 280 g/mol. The van der Waals surface area contributed by atoms with Gasteiger partial charge in [0.05, 0.1) is 12.5 Å². The lowest BCUT2D eigenvalue weighted by Crippen LogP contribution is -2.20. The summed E-state index contributed by atoms with van der Waals surface area (Å²) in [7, 11) is 3.81. The van der Waals surface area contributed by atoms with Crippen LogP contribution in [0.4, 0.5) is 5.69 Å². The van der Waals surface area contributed by atoms with E-state index in [4.69, 9.17) is 0 Å². The lowest BCUT2D eigenvalue weighted by Gasteiger charge is -2.20. The SMILES string of the molecule is CNC(c1ccc2c(c1)CC(=O)N2C)c1ccccc1C. The van der Waals surface area contributed by atoms with Crippen molar-refractivity contribution >= 4 is 11.6 Å². The molecule has 0 fully saturated rings. The highest BCUT2D eigenvalue weighted by Crippen LogP contribution is 2.32. The van der Waals surface area contributed by atoms with E-state index in [2.05, 4.69) is 54.7 Å². The van der Waals surface area contributed by atoms with Gasteiger partial charge in [0.2, 0.25) is 5.91 Å². The highest BCUT2D eigenvalue weighted by molar-refractivity contribution is 6.00. The summed E-state index contributed by atoms with van der Waals surface area (Å²) < 4.78 is 0. The first kappa shape index (κ1) is 13.8. The van der Waals surface area contributed by atoms with Gasteiger partial charge in [-0.15, -0.1) is 0 Å². The number of benzene rings is 2. The minimum Gasteiger partial charge on any atom is -0.315 e. The van der Waals surface area contributed by atoms with E-state index in [0.29, 0.717) is 6.42 Å². The second-order valence-electron chi connectivity index (χ2n) is 5.60. The van der Waals surface area contributed by atoms with Crippen LogP contribution in [0.5, 0.6) is 0 Å². The van der Waals surface area contributed by atoms with E-state index in [1.807, 2.05) is 14.1 Å². The van der Waals surface area contributed by atoms with E-state index >= 15 is 0 Å². The fourth-order valence-electron chi connectivity index (χ4n) is 3.08. The number of likely N-dealkylation sites (N-methyl/N-ethyl adjacent to an activating group) is 1. The smallest absolute Gasteiger partial charge is 0.231 e. The van der Waals surface area contributed by atoms with Crippen LogP contribution >= 0.6 is 0 Å². The third-order valence-corrected chi connectivity index (χ3v) is 4.30. The number of aryl methyl sites for hydroxylation is 1. The molecular formula is C18H20N2O. The van der Waals surface area contributed by atoms with E-state index in [0.717, 1.165) is 11.3 Å². The summed E-state index contributed by atoms with van der Waals surface area (Å²) in [6.07, 6.45) is 0.504. The van der Waals surface area contributed by atoms with Gasteiger partial charge in [-0.25, -0.2) is 0 Å². The van der Waals surface area contributed by atoms with Gasteiger partial charge in [-0.3, -0.25) is 4.79 Å². The van der Waals surface area contributed by atoms with Crippen LogP contribution in [-0.2, 0) is 11.2 Å². The fraction of sp³-hybridized carbons (Fsp3) is 0.278. The topological polar surface area (TPSA) is 32.3 Å². The van der Waals surface area contributed by atoms with Crippen LogP contribution in [0.25, 0.3) is 0 Å². The fourth-order valence-corrected chi connectivity index (χ4v) is 3.08. The summed E-state index contributed by atoms with van der Waals surface area (Å²) in [5, 5.41) is 3.39. The van der Waals surface area contributed by atoms with Crippen LogP contribution in [-0.4, -0.2) is 20.0 Å². The zero-order valence-electron chi connectivity index (χ0n) is 12.7. The number of hydrogen-bond donors (Lipinski definition) is 1. The monoisotopic (exact) mass is 280 g/mol. The number of carbonyl (C=O) groups excluding carboxylic acids is 1. The number of amides is 1. The third kappa shape index (κ3) is 2.34. The Kier molecular flexibility index (Phi) is 3.52. The molecule has 1 unspecified atom stereocenters. The number of nitrogens with zero attached hydrogens (tertiary/aromatic N) is 1. The van der Waals surface area contributed by atoms with E-state index in [-0.39, 0.29) is 11.9 Å². The van der Waals surface area contributed by atoms with Crippen molar-refractivity contribution in [2.75, 3.05) is 19.0 Å². The molecule has 1 heterocycles. The van der Waals surface area contributed by atoms with Crippen molar-refractivity contribution < 1.29 is 4.79 Å². The number of hydrogen-bond acceptors (Lipinski definition) is 2. The molecule has 0 aromatic heterocycles. The Balaban J connectivity index is 2.02. The number of nitrogens with one attached hydrogen (secondary N) is 1. The minimum atomic E-state index is 0.150. The molecule has 0 spiro atoms. The summed E-state index contributed by atoms with van der Waals surface area (Å²) in [6.45, 7) is 2.13. The first-order chi connectivity index (χ1) is 10.1. The molecule has 3 nitrogen and oxygen atoms in total. The van der Waals surface area contributed by atoms with Gasteiger partial charge in [0, 0.05) is 12.7 Å². The average Bonchev–Trinajstić information content (AvgIpc) is 2.77. The number of rotatable bonds is 3. The van der Waals surface area contributed by atoms with Crippen LogP contribution in [0.1, 0.15) is 28.3 Å². The maximum Gasteiger partial charge on any atom is 0.231 e. The minimum absolute atomic E-state index is 0.150. The molecule has 1 amide bonds. The van der Waals surface area contributed by atoms with Crippen molar-refractivity contribution in [3.8, 4) is 0 Å². The molecule has 0 bridgehead atoms. The number of anilines is 1. The molecule has 21 heavy (non-hydrogen) atoms. The normalized spacial score (nSPS) is 15.2. The molecule has 1 atom stereocenters. The molecular weight excluding hydrogens is 260 g/mol. The Labute approximate surface area is 125 Å². The Morgan fingerprint density at radius 2 is 1.95 bits per heavy atom. The van der Waals surface area contributed by atoms with E-state index in [1.165, 1.54) is 16.7 Å². The molecule has 1 aliphatic heterocycles. The van der Waals surface area contributed by atoms with Crippen LogP contribution < -0.4 is 10.2 Å². The maximum absolute atomic E-state index is 11.8. The number of carbonyl (C=O) groups is 1. The summed E-state index contributed by atoms with van der Waals surface area (Å²) in [5.41, 5.74) is 5.90. The molecule has 0 aliphatic carbocycles. The summed E-state index contributed by atoms with van der Waals surface area (Å²) >= 11 is 0. The van der Waals surface area contributed by atoms with Gasteiger partial charge in [0.25, 0.3) is 0 Å². The largest absolute Gasteiger partial charge is 0.315 e. The van der Waals surface area contributed by atoms with E-state index < -0.39 is 0 Å². The zero-order chi connectivity index (χ0) is 15.0. The Hall–Kier alpha value is -2.13.